The average molecular weight is 290 g/mol. The smallest absolute Gasteiger partial charge is 0.137 e. The van der Waals surface area contributed by atoms with E-state index >= 15 is 0 Å². The summed E-state index contributed by atoms with van der Waals surface area (Å²) in [5.41, 5.74) is 1.27. The molecule has 0 aliphatic heterocycles. The van der Waals surface area contributed by atoms with Gasteiger partial charge in [0, 0.05) is 25.2 Å². The second-order valence-corrected chi connectivity index (χ2v) is 6.38. The van der Waals surface area contributed by atoms with Crippen molar-refractivity contribution in [3.8, 4) is 0 Å². The van der Waals surface area contributed by atoms with Crippen molar-refractivity contribution in [3.05, 3.63) is 11.9 Å². The number of rotatable bonds is 8. The van der Waals surface area contributed by atoms with Crippen molar-refractivity contribution in [1.82, 2.24) is 9.97 Å². The van der Waals surface area contributed by atoms with Gasteiger partial charge in [0.1, 0.15) is 18.0 Å². The Bertz CT molecular complexity index is 440. The molecule has 1 aromatic rings. The van der Waals surface area contributed by atoms with Gasteiger partial charge in [0.15, 0.2) is 0 Å². The molecule has 0 saturated heterocycles. The number of hydrogen-bond acceptors (Lipinski definition) is 4. The Morgan fingerprint density at radius 2 is 2.05 bits per heavy atom. The van der Waals surface area contributed by atoms with Gasteiger partial charge in [-0.1, -0.05) is 27.2 Å². The summed E-state index contributed by atoms with van der Waals surface area (Å²) in [4.78, 5) is 11.5. The number of aromatic nitrogens is 2. The molecule has 1 aliphatic rings. The van der Waals surface area contributed by atoms with Gasteiger partial charge >= 0.3 is 0 Å². The number of anilines is 2. The third kappa shape index (κ3) is 3.86. The van der Waals surface area contributed by atoms with Gasteiger partial charge in [0.05, 0.1) is 0 Å². The first kappa shape index (κ1) is 16.1. The van der Waals surface area contributed by atoms with E-state index in [1.54, 1.807) is 6.33 Å². The minimum atomic E-state index is 0.427. The van der Waals surface area contributed by atoms with Gasteiger partial charge in [-0.05, 0) is 38.0 Å². The van der Waals surface area contributed by atoms with Crippen LogP contribution in [0.1, 0.15) is 64.9 Å². The van der Waals surface area contributed by atoms with Crippen LogP contribution in [0.15, 0.2) is 6.33 Å². The Morgan fingerprint density at radius 1 is 1.29 bits per heavy atom. The molecule has 0 amide bonds. The average Bonchev–Trinajstić information content (AvgIpc) is 2.43. The summed E-state index contributed by atoms with van der Waals surface area (Å²) in [6.07, 6.45) is 6.96. The molecule has 21 heavy (non-hydrogen) atoms. The second kappa shape index (κ2) is 7.62. The fraction of sp³-hybridized carbons (Fsp3) is 0.765. The molecule has 1 aliphatic carbocycles. The highest BCUT2D eigenvalue weighted by atomic mass is 15.2. The highest BCUT2D eigenvalue weighted by Crippen LogP contribution is 2.33. The molecule has 0 spiro atoms. The van der Waals surface area contributed by atoms with E-state index in [-0.39, 0.29) is 0 Å². The first-order valence-corrected chi connectivity index (χ1v) is 8.51. The topological polar surface area (TPSA) is 41.1 Å². The normalized spacial score (nSPS) is 15.1. The van der Waals surface area contributed by atoms with Crippen LogP contribution in [0.2, 0.25) is 0 Å². The zero-order chi connectivity index (χ0) is 15.2. The molecule has 0 atom stereocenters. The van der Waals surface area contributed by atoms with Crippen LogP contribution in [0.3, 0.4) is 0 Å². The predicted octanol–water partition coefficient (Wildman–Crippen LogP) is 4.05. The van der Waals surface area contributed by atoms with E-state index in [1.807, 2.05) is 0 Å². The van der Waals surface area contributed by atoms with E-state index in [2.05, 4.69) is 47.9 Å². The summed E-state index contributed by atoms with van der Waals surface area (Å²) in [5.74, 6) is 3.43. The Balaban J connectivity index is 2.26. The molecule has 1 aromatic heterocycles. The molecule has 1 heterocycles. The number of hydrogen-bond donors (Lipinski definition) is 1. The molecule has 0 bridgehead atoms. The fourth-order valence-electron chi connectivity index (χ4n) is 2.91. The van der Waals surface area contributed by atoms with Crippen LogP contribution >= 0.6 is 0 Å². The first-order valence-electron chi connectivity index (χ1n) is 8.51. The van der Waals surface area contributed by atoms with Crippen LogP contribution in [0, 0.1) is 5.92 Å². The summed E-state index contributed by atoms with van der Waals surface area (Å²) in [5, 5.41) is 3.47. The third-order valence-electron chi connectivity index (χ3n) is 4.37. The standard InChI is InChI=1S/C17H30N4/c1-5-10-18-16-15(13(3)4)17(20-12-19-16)21(6-2)11-14-8-7-9-14/h12-14H,5-11H2,1-4H3,(H,18,19,20). The lowest BCUT2D eigenvalue weighted by atomic mass is 9.85. The van der Waals surface area contributed by atoms with E-state index < -0.39 is 0 Å². The highest BCUT2D eigenvalue weighted by Gasteiger charge is 2.24. The van der Waals surface area contributed by atoms with Gasteiger partial charge in [-0.3, -0.25) is 0 Å². The highest BCUT2D eigenvalue weighted by molar-refractivity contribution is 5.60. The maximum absolute atomic E-state index is 4.63. The van der Waals surface area contributed by atoms with Crippen LogP contribution in [0.5, 0.6) is 0 Å². The number of nitrogens with zero attached hydrogens (tertiary/aromatic N) is 3. The Morgan fingerprint density at radius 3 is 2.57 bits per heavy atom. The minimum Gasteiger partial charge on any atom is -0.370 e. The Labute approximate surface area is 129 Å². The van der Waals surface area contributed by atoms with Gasteiger partial charge in [0.2, 0.25) is 0 Å². The van der Waals surface area contributed by atoms with Crippen molar-refractivity contribution in [2.75, 3.05) is 29.9 Å². The van der Waals surface area contributed by atoms with Crippen molar-refractivity contribution >= 4 is 11.6 Å². The van der Waals surface area contributed by atoms with Crippen LogP contribution in [-0.2, 0) is 0 Å². The van der Waals surface area contributed by atoms with Crippen molar-refractivity contribution in [2.45, 2.75) is 59.3 Å². The van der Waals surface area contributed by atoms with Crippen LogP contribution < -0.4 is 10.2 Å². The van der Waals surface area contributed by atoms with Gasteiger partial charge in [-0.15, -0.1) is 0 Å². The molecule has 2 rings (SSSR count). The lowest BCUT2D eigenvalue weighted by molar-refractivity contribution is 0.318. The van der Waals surface area contributed by atoms with Crippen molar-refractivity contribution in [3.63, 3.8) is 0 Å². The maximum Gasteiger partial charge on any atom is 0.137 e. The minimum absolute atomic E-state index is 0.427. The Kier molecular flexibility index (Phi) is 5.83. The molecule has 0 unspecified atom stereocenters. The van der Waals surface area contributed by atoms with Crippen LogP contribution in [-0.4, -0.2) is 29.6 Å². The van der Waals surface area contributed by atoms with Crippen molar-refractivity contribution in [2.24, 2.45) is 5.92 Å². The number of nitrogens with one attached hydrogen (secondary N) is 1. The zero-order valence-electron chi connectivity index (χ0n) is 14.0. The van der Waals surface area contributed by atoms with Gasteiger partial charge < -0.3 is 10.2 Å². The summed E-state index contributed by atoms with van der Waals surface area (Å²) >= 11 is 0. The molecule has 0 aromatic carbocycles. The molecule has 1 saturated carbocycles. The van der Waals surface area contributed by atoms with Gasteiger partial charge in [0.25, 0.3) is 0 Å². The van der Waals surface area contributed by atoms with Crippen LogP contribution in [0.25, 0.3) is 0 Å². The molecule has 4 heteroatoms. The summed E-state index contributed by atoms with van der Waals surface area (Å²) < 4.78 is 0. The van der Waals surface area contributed by atoms with E-state index in [4.69, 9.17) is 0 Å². The molecular formula is C17H30N4. The van der Waals surface area contributed by atoms with E-state index in [1.165, 1.54) is 24.8 Å². The lowest BCUT2D eigenvalue weighted by Gasteiger charge is -2.34. The SMILES string of the molecule is CCCNc1ncnc(N(CC)CC2CCC2)c1C(C)C. The molecule has 1 N–H and O–H groups in total. The maximum atomic E-state index is 4.63. The van der Waals surface area contributed by atoms with Gasteiger partial charge in [-0.2, -0.15) is 0 Å². The molecule has 118 valence electrons. The van der Waals surface area contributed by atoms with Crippen LogP contribution in [0.4, 0.5) is 11.6 Å². The first-order chi connectivity index (χ1) is 10.2. The van der Waals surface area contributed by atoms with Crippen molar-refractivity contribution in [1.29, 1.82) is 0 Å². The fourth-order valence-corrected chi connectivity index (χ4v) is 2.91. The van der Waals surface area contributed by atoms with E-state index in [9.17, 15) is 0 Å². The van der Waals surface area contributed by atoms with E-state index in [0.29, 0.717) is 5.92 Å². The summed E-state index contributed by atoms with van der Waals surface area (Å²) in [6.45, 7) is 12.0. The van der Waals surface area contributed by atoms with E-state index in [0.717, 1.165) is 43.6 Å². The summed E-state index contributed by atoms with van der Waals surface area (Å²) in [6, 6.07) is 0. The zero-order valence-corrected chi connectivity index (χ0v) is 14.0. The molecule has 4 nitrogen and oxygen atoms in total. The third-order valence-corrected chi connectivity index (χ3v) is 4.37. The predicted molar refractivity (Wildman–Crippen MR) is 90.1 cm³/mol. The lowest BCUT2D eigenvalue weighted by Crippen LogP contribution is -2.34. The second-order valence-electron chi connectivity index (χ2n) is 6.38. The quantitative estimate of drug-likeness (QED) is 0.784. The van der Waals surface area contributed by atoms with Crippen molar-refractivity contribution < 1.29 is 0 Å². The molecule has 1 fully saturated rings. The molecule has 0 radical (unpaired) electrons. The largest absolute Gasteiger partial charge is 0.370 e. The summed E-state index contributed by atoms with van der Waals surface area (Å²) in [7, 11) is 0. The van der Waals surface area contributed by atoms with Gasteiger partial charge in [-0.25, -0.2) is 9.97 Å². The molecular weight excluding hydrogens is 260 g/mol. The Hall–Kier alpha value is -1.32. The monoisotopic (exact) mass is 290 g/mol.